The molecule has 0 radical (unpaired) electrons. The summed E-state index contributed by atoms with van der Waals surface area (Å²) < 4.78 is 32.5. The first-order valence-corrected chi connectivity index (χ1v) is 22.2. The molecule has 0 bridgehead atoms. The third-order valence-corrected chi connectivity index (χ3v) is 9.24. The minimum atomic E-state index is -4.75. The normalized spacial score (nSPS) is 15.2. The van der Waals surface area contributed by atoms with E-state index in [0.717, 1.165) is 89.9 Å². The van der Waals surface area contributed by atoms with E-state index < -0.39 is 57.7 Å². The number of carboxylic acid groups (broad SMARTS) is 1. The highest BCUT2D eigenvalue weighted by atomic mass is 31.2. The van der Waals surface area contributed by atoms with Gasteiger partial charge < -0.3 is 30.3 Å². The molecule has 0 aliphatic rings. The summed E-state index contributed by atoms with van der Waals surface area (Å²) in [4.78, 5) is 45.9. The first kappa shape index (κ1) is 53.6. The van der Waals surface area contributed by atoms with E-state index in [0.29, 0.717) is 19.3 Å². The second-order valence-electron chi connectivity index (χ2n) is 13.5. The topological polar surface area (TPSA) is 192 Å². The number of carbonyl (C=O) groups excluding carboxylic acids is 2. The number of hydrogen-bond donors (Lipinski definition) is 4. The third kappa shape index (κ3) is 37.9. The lowest BCUT2D eigenvalue weighted by Crippen LogP contribution is -2.34. The molecule has 13 heteroatoms. The minimum absolute atomic E-state index is 0.0631. The number of unbranched alkanes of at least 4 members (excludes halogenated alkanes) is 6. The summed E-state index contributed by atoms with van der Waals surface area (Å²) >= 11 is 0. The Morgan fingerprint density at radius 2 is 1.09 bits per heavy atom. The maximum Gasteiger partial charge on any atom is 0.472 e. The Balaban J connectivity index is 4.55. The molecule has 12 nitrogen and oxygen atoms in total. The van der Waals surface area contributed by atoms with E-state index >= 15 is 0 Å². The lowest BCUT2D eigenvalue weighted by molar-refractivity contribution is -0.161. The number of esters is 2. The number of aliphatic hydroxyl groups excluding tert-OH is 1. The van der Waals surface area contributed by atoms with Crippen LogP contribution in [0, 0.1) is 0 Å². The van der Waals surface area contributed by atoms with Gasteiger partial charge in [-0.1, -0.05) is 118 Å². The third-order valence-electron chi connectivity index (χ3n) is 8.29. The zero-order chi connectivity index (χ0) is 42.2. The number of carboxylic acids is 1. The number of hydrogen-bond acceptors (Lipinski definition) is 10. The van der Waals surface area contributed by atoms with Crippen LogP contribution in [-0.4, -0.2) is 71.1 Å². The van der Waals surface area contributed by atoms with Crippen LogP contribution in [0.3, 0.4) is 0 Å². The van der Waals surface area contributed by atoms with Crippen LogP contribution in [-0.2, 0) is 37.5 Å². The summed E-state index contributed by atoms with van der Waals surface area (Å²) in [5, 5.41) is 18.4. The number of ether oxygens (including phenoxy) is 2. The largest absolute Gasteiger partial charge is 0.480 e. The van der Waals surface area contributed by atoms with Crippen molar-refractivity contribution >= 4 is 25.7 Å². The second-order valence-corrected chi connectivity index (χ2v) is 15.0. The van der Waals surface area contributed by atoms with Gasteiger partial charge in [-0.3, -0.25) is 23.4 Å². The van der Waals surface area contributed by atoms with Crippen LogP contribution >= 0.6 is 7.82 Å². The van der Waals surface area contributed by atoms with Crippen molar-refractivity contribution in [3.8, 4) is 0 Å². The molecule has 0 fully saturated rings. The molecule has 0 saturated heterocycles. The summed E-state index contributed by atoms with van der Waals surface area (Å²) in [6.07, 6.45) is 43.1. The number of allylic oxidation sites excluding steroid dienone is 14. The van der Waals surface area contributed by atoms with Crippen LogP contribution < -0.4 is 5.73 Å². The Morgan fingerprint density at radius 3 is 1.65 bits per heavy atom. The van der Waals surface area contributed by atoms with Crippen molar-refractivity contribution < 1.29 is 52.6 Å². The summed E-state index contributed by atoms with van der Waals surface area (Å²) in [5.41, 5.74) is 5.32. The second kappa shape index (κ2) is 38.2. The molecule has 57 heavy (non-hydrogen) atoms. The molecule has 0 amide bonds. The molecule has 1 unspecified atom stereocenters. The van der Waals surface area contributed by atoms with Crippen molar-refractivity contribution in [3.05, 3.63) is 85.1 Å². The quantitative estimate of drug-likeness (QED) is 0.0201. The van der Waals surface area contributed by atoms with Crippen molar-refractivity contribution in [2.24, 2.45) is 5.73 Å². The van der Waals surface area contributed by atoms with Gasteiger partial charge in [0.25, 0.3) is 0 Å². The van der Waals surface area contributed by atoms with E-state index in [1.54, 1.807) is 0 Å². The standard InChI is InChI=1S/C44H72NO11P/c1-3-5-6-7-8-9-10-11-12-16-19-22-25-28-31-34-42(47)53-36-40(37-54-57(51,52)55-38-41(45)44(49)50)56-43(48)35-32-29-26-23-20-17-14-13-15-18-21-24-27-30-33-39(46)4-2/h5-6,8-9,11-12,14-15,17-18,23-24,26-27,39-41,46H,3-4,7,10,13,16,19-22,25,28-38,45H2,1-2H3,(H,49,50)(H,51,52)/b6-5-,9-8-,12-11-,17-14-,18-15-,26-23-,27-24-/t39-,40-,41+/m1/s1. The molecule has 324 valence electrons. The fourth-order valence-corrected chi connectivity index (χ4v) is 5.65. The molecule has 0 rings (SSSR count). The maximum atomic E-state index is 12.6. The van der Waals surface area contributed by atoms with Crippen LogP contribution in [0.1, 0.15) is 136 Å². The van der Waals surface area contributed by atoms with Gasteiger partial charge in [-0.2, -0.15) is 0 Å². The summed E-state index contributed by atoms with van der Waals surface area (Å²) in [7, 11) is -4.75. The number of aliphatic hydroxyl groups is 1. The number of aliphatic carboxylic acids is 1. The molecule has 0 aromatic heterocycles. The molecule has 5 N–H and O–H groups in total. The van der Waals surface area contributed by atoms with Gasteiger partial charge in [0.05, 0.1) is 19.3 Å². The van der Waals surface area contributed by atoms with E-state index in [1.807, 2.05) is 19.1 Å². The van der Waals surface area contributed by atoms with Crippen molar-refractivity contribution in [3.63, 3.8) is 0 Å². The van der Waals surface area contributed by atoms with Gasteiger partial charge >= 0.3 is 25.7 Å². The van der Waals surface area contributed by atoms with Gasteiger partial charge in [0.1, 0.15) is 12.6 Å². The summed E-state index contributed by atoms with van der Waals surface area (Å²) in [5.74, 6) is -2.51. The Kier molecular flexibility index (Phi) is 35.9. The van der Waals surface area contributed by atoms with Crippen LogP contribution in [0.15, 0.2) is 85.1 Å². The van der Waals surface area contributed by atoms with E-state index in [-0.39, 0.29) is 18.9 Å². The zero-order valence-corrected chi connectivity index (χ0v) is 35.4. The number of phosphoric acid groups is 1. The average Bonchev–Trinajstić information content (AvgIpc) is 3.19. The van der Waals surface area contributed by atoms with Gasteiger partial charge in [-0.05, 0) is 89.9 Å². The Morgan fingerprint density at radius 1 is 0.614 bits per heavy atom. The first-order chi connectivity index (χ1) is 27.5. The fourth-order valence-electron chi connectivity index (χ4n) is 4.87. The van der Waals surface area contributed by atoms with E-state index in [9.17, 15) is 28.9 Å². The molecule has 0 aromatic carbocycles. The smallest absolute Gasteiger partial charge is 0.472 e. The maximum absolute atomic E-state index is 12.6. The predicted molar refractivity (Wildman–Crippen MR) is 227 cm³/mol. The molecule has 4 atom stereocenters. The average molecular weight is 822 g/mol. The Hall–Kier alpha value is -3.38. The highest BCUT2D eigenvalue weighted by Crippen LogP contribution is 2.43. The molecule has 0 spiro atoms. The van der Waals surface area contributed by atoms with Gasteiger partial charge in [0, 0.05) is 12.8 Å². The van der Waals surface area contributed by atoms with E-state index in [2.05, 4.69) is 84.4 Å². The number of rotatable bonds is 37. The Bertz CT molecular complexity index is 1300. The predicted octanol–water partition coefficient (Wildman–Crippen LogP) is 9.69. The fraction of sp³-hybridized carbons (Fsp3) is 0.614. The highest BCUT2D eigenvalue weighted by molar-refractivity contribution is 7.47. The molecule has 0 saturated carbocycles. The number of phosphoric ester groups is 1. The van der Waals surface area contributed by atoms with Gasteiger partial charge in [0.2, 0.25) is 0 Å². The lowest BCUT2D eigenvalue weighted by atomic mass is 10.1. The molecular weight excluding hydrogens is 749 g/mol. The molecular formula is C44H72NO11P. The van der Waals surface area contributed by atoms with Crippen molar-refractivity contribution in [1.82, 2.24) is 0 Å². The minimum Gasteiger partial charge on any atom is -0.480 e. The molecule has 0 aromatic rings. The molecule has 0 aliphatic heterocycles. The van der Waals surface area contributed by atoms with E-state index in [1.165, 1.54) is 0 Å². The first-order valence-electron chi connectivity index (χ1n) is 20.7. The van der Waals surface area contributed by atoms with Gasteiger partial charge in [0.15, 0.2) is 6.10 Å². The van der Waals surface area contributed by atoms with Gasteiger partial charge in [-0.25, -0.2) is 4.57 Å². The Labute approximate surface area is 342 Å². The SMILES string of the molecule is CC/C=C\C/C=C\C/C=C\CCCCCCCC(=O)OC[C@H](COP(=O)(O)OC[C@H](N)C(=O)O)OC(=O)CCC/C=C\C/C=C\C/C=C\C/C=C\CC[C@H](O)CC. The molecule has 0 aliphatic carbocycles. The van der Waals surface area contributed by atoms with Gasteiger partial charge in [-0.15, -0.1) is 0 Å². The van der Waals surface area contributed by atoms with Crippen molar-refractivity contribution in [1.29, 1.82) is 0 Å². The van der Waals surface area contributed by atoms with E-state index in [4.69, 9.17) is 24.8 Å². The highest BCUT2D eigenvalue weighted by Gasteiger charge is 2.28. The van der Waals surface area contributed by atoms with Crippen molar-refractivity contribution in [2.75, 3.05) is 19.8 Å². The molecule has 0 heterocycles. The number of nitrogens with two attached hydrogens (primary N) is 1. The van der Waals surface area contributed by atoms with Crippen LogP contribution in [0.4, 0.5) is 0 Å². The summed E-state index contributed by atoms with van der Waals surface area (Å²) in [6, 6.07) is -1.54. The summed E-state index contributed by atoms with van der Waals surface area (Å²) in [6.45, 7) is 2.30. The monoisotopic (exact) mass is 821 g/mol. The van der Waals surface area contributed by atoms with Crippen molar-refractivity contribution in [2.45, 2.75) is 154 Å². The zero-order valence-electron chi connectivity index (χ0n) is 34.5. The lowest BCUT2D eigenvalue weighted by Gasteiger charge is -2.20. The van der Waals surface area contributed by atoms with Crippen LogP contribution in [0.5, 0.6) is 0 Å². The van der Waals surface area contributed by atoms with Crippen LogP contribution in [0.2, 0.25) is 0 Å². The van der Waals surface area contributed by atoms with Crippen LogP contribution in [0.25, 0.3) is 0 Å². The number of carbonyl (C=O) groups is 3.